The zero-order valence-electron chi connectivity index (χ0n) is 17.3. The van der Waals surface area contributed by atoms with Gasteiger partial charge >= 0.3 is 5.97 Å². The number of hydrogen-bond donors (Lipinski definition) is 0. The number of nitrogens with zero attached hydrogens (tertiary/aromatic N) is 3. The fraction of sp³-hybridized carbons (Fsp3) is 0.474. The first-order valence-electron chi connectivity index (χ1n) is 9.65. The van der Waals surface area contributed by atoms with E-state index in [1.54, 1.807) is 4.57 Å². The minimum atomic E-state index is -4.07. The fourth-order valence-corrected chi connectivity index (χ4v) is 4.00. The van der Waals surface area contributed by atoms with E-state index in [0.29, 0.717) is 24.9 Å². The number of ether oxygens (including phenoxy) is 1. The molecule has 4 rings (SSSR count). The maximum absolute atomic E-state index is 15.2. The van der Waals surface area contributed by atoms with Crippen LogP contribution in [-0.4, -0.2) is 69.9 Å². The van der Waals surface area contributed by atoms with Gasteiger partial charge in [0.05, 0.1) is 23.2 Å². The lowest BCUT2D eigenvalue weighted by molar-refractivity contribution is -0.143. The predicted molar refractivity (Wildman–Crippen MR) is 109 cm³/mol. The molecule has 2 aliphatic rings. The number of rotatable bonds is 4. The SMILES string of the molecule is C[C@H]1COc2c(N3CCN(C)CC3)c(F)cc3c(=O)c(C(=O)OOS(C)(=O)=O)cn1c23. The molecule has 1 saturated heterocycles. The first-order chi connectivity index (χ1) is 14.6. The van der Waals surface area contributed by atoms with Crippen LogP contribution in [0, 0.1) is 5.82 Å². The lowest BCUT2D eigenvalue weighted by Gasteiger charge is -2.37. The maximum atomic E-state index is 15.2. The highest BCUT2D eigenvalue weighted by Crippen LogP contribution is 2.42. The number of pyridine rings is 1. The Morgan fingerprint density at radius 1 is 1.26 bits per heavy atom. The molecular formula is C19H22FN3O7S. The molecule has 2 aromatic rings. The number of benzene rings is 1. The summed E-state index contributed by atoms with van der Waals surface area (Å²) < 4.78 is 49.0. The molecule has 2 aliphatic heterocycles. The Labute approximate surface area is 177 Å². The van der Waals surface area contributed by atoms with E-state index in [1.807, 2.05) is 18.9 Å². The van der Waals surface area contributed by atoms with Gasteiger partial charge in [-0.15, -0.1) is 0 Å². The molecule has 10 nitrogen and oxygen atoms in total. The van der Waals surface area contributed by atoms with Crippen molar-refractivity contribution in [3.63, 3.8) is 0 Å². The second-order valence-corrected chi connectivity index (χ2v) is 9.35. The van der Waals surface area contributed by atoms with Gasteiger partial charge in [0.1, 0.15) is 17.9 Å². The third kappa shape index (κ3) is 3.98. The lowest BCUT2D eigenvalue weighted by atomic mass is 10.1. The van der Waals surface area contributed by atoms with Crippen molar-refractivity contribution in [1.29, 1.82) is 0 Å². The highest BCUT2D eigenvalue weighted by molar-refractivity contribution is 7.85. The Morgan fingerprint density at radius 2 is 1.94 bits per heavy atom. The zero-order chi connectivity index (χ0) is 22.5. The van der Waals surface area contributed by atoms with Crippen LogP contribution in [0.15, 0.2) is 17.1 Å². The molecule has 168 valence electrons. The smallest absolute Gasteiger partial charge is 0.380 e. The second kappa shape index (κ2) is 7.77. The molecule has 1 fully saturated rings. The molecule has 0 saturated carbocycles. The average molecular weight is 455 g/mol. The molecular weight excluding hydrogens is 433 g/mol. The molecule has 31 heavy (non-hydrogen) atoms. The lowest BCUT2D eigenvalue weighted by Crippen LogP contribution is -2.45. The van der Waals surface area contributed by atoms with Gasteiger partial charge in [0.2, 0.25) is 5.43 Å². The number of piperazine rings is 1. The van der Waals surface area contributed by atoms with Gasteiger partial charge in [-0.3, -0.25) is 9.68 Å². The standard InChI is InChI=1S/C19H22FN3O7S/c1-11-10-28-18-15-12(8-14(20)16(18)22-6-4-21(2)5-7-22)17(24)13(9-23(11)15)19(25)29-30-31(3,26)27/h8-9,11H,4-7,10H2,1-3H3/t11-/m0/s1. The minimum absolute atomic E-state index is 0.0641. The largest absolute Gasteiger partial charge is 0.487 e. The minimum Gasteiger partial charge on any atom is -0.487 e. The van der Waals surface area contributed by atoms with Gasteiger partial charge in [-0.25, -0.2) is 9.18 Å². The first kappa shape index (κ1) is 21.5. The first-order valence-corrected chi connectivity index (χ1v) is 11.5. The summed E-state index contributed by atoms with van der Waals surface area (Å²) in [6.07, 6.45) is 1.96. The molecule has 0 unspecified atom stereocenters. The fourth-order valence-electron chi connectivity index (χ4n) is 3.82. The van der Waals surface area contributed by atoms with Crippen molar-refractivity contribution in [2.24, 2.45) is 0 Å². The number of carbonyl (C=O) groups excluding carboxylic acids is 1. The molecule has 0 amide bonds. The van der Waals surface area contributed by atoms with Gasteiger partial charge in [0, 0.05) is 32.4 Å². The van der Waals surface area contributed by atoms with E-state index in [-0.39, 0.29) is 29.5 Å². The van der Waals surface area contributed by atoms with E-state index in [2.05, 4.69) is 14.1 Å². The highest BCUT2D eigenvalue weighted by Gasteiger charge is 2.31. The Balaban J connectivity index is 1.87. The van der Waals surface area contributed by atoms with Crippen LogP contribution in [0.3, 0.4) is 0 Å². The molecule has 1 aromatic carbocycles. The van der Waals surface area contributed by atoms with Gasteiger partial charge in [0.15, 0.2) is 11.6 Å². The summed E-state index contributed by atoms with van der Waals surface area (Å²) in [5.74, 6) is -1.67. The van der Waals surface area contributed by atoms with Crippen LogP contribution in [0.2, 0.25) is 0 Å². The number of halogens is 1. The van der Waals surface area contributed by atoms with Crippen LogP contribution in [0.25, 0.3) is 10.9 Å². The van der Waals surface area contributed by atoms with E-state index in [1.165, 1.54) is 6.20 Å². The average Bonchev–Trinajstić information content (AvgIpc) is 2.70. The Kier molecular flexibility index (Phi) is 5.40. The highest BCUT2D eigenvalue weighted by atomic mass is 32.2. The van der Waals surface area contributed by atoms with Crippen molar-refractivity contribution in [3.05, 3.63) is 33.9 Å². The zero-order valence-corrected chi connectivity index (χ0v) is 18.1. The van der Waals surface area contributed by atoms with Crippen LogP contribution < -0.4 is 15.1 Å². The van der Waals surface area contributed by atoms with Crippen molar-refractivity contribution >= 4 is 32.7 Å². The van der Waals surface area contributed by atoms with E-state index >= 15 is 4.39 Å². The van der Waals surface area contributed by atoms with Crippen LogP contribution in [-0.2, 0) is 19.3 Å². The maximum Gasteiger partial charge on any atom is 0.380 e. The van der Waals surface area contributed by atoms with Gasteiger partial charge < -0.3 is 19.1 Å². The number of likely N-dealkylation sites (N-methyl/N-ethyl adjacent to an activating group) is 1. The summed E-state index contributed by atoms with van der Waals surface area (Å²) in [5.41, 5.74) is -0.616. The van der Waals surface area contributed by atoms with Gasteiger partial charge in [0.25, 0.3) is 10.1 Å². The van der Waals surface area contributed by atoms with E-state index in [4.69, 9.17) is 4.74 Å². The monoisotopic (exact) mass is 455 g/mol. The molecule has 0 aliphatic carbocycles. The molecule has 0 spiro atoms. The van der Waals surface area contributed by atoms with Gasteiger partial charge in [-0.1, -0.05) is 4.33 Å². The summed E-state index contributed by atoms with van der Waals surface area (Å²) in [7, 11) is -2.09. The molecule has 0 N–H and O–H groups in total. The Bertz CT molecular complexity index is 1220. The van der Waals surface area contributed by atoms with E-state index < -0.39 is 32.9 Å². The van der Waals surface area contributed by atoms with Crippen molar-refractivity contribution < 1.29 is 31.6 Å². The van der Waals surface area contributed by atoms with Gasteiger partial charge in [-0.2, -0.15) is 8.42 Å². The second-order valence-electron chi connectivity index (χ2n) is 7.80. The van der Waals surface area contributed by atoms with Crippen LogP contribution in [0.5, 0.6) is 5.75 Å². The summed E-state index contributed by atoms with van der Waals surface area (Å²) in [4.78, 5) is 33.6. The number of carbonyl (C=O) groups is 1. The van der Waals surface area contributed by atoms with Crippen molar-refractivity contribution in [2.75, 3.05) is 51.0 Å². The van der Waals surface area contributed by atoms with Crippen LogP contribution in [0.1, 0.15) is 23.3 Å². The van der Waals surface area contributed by atoms with E-state index in [0.717, 1.165) is 19.2 Å². The molecule has 12 heteroatoms. The van der Waals surface area contributed by atoms with Crippen LogP contribution >= 0.6 is 0 Å². The summed E-state index contributed by atoms with van der Waals surface area (Å²) in [5, 5.41) is -0.0641. The normalized spacial score (nSPS) is 19.4. The molecule has 3 heterocycles. The summed E-state index contributed by atoms with van der Waals surface area (Å²) in [6, 6.07) is 0.810. The Hall–Kier alpha value is -2.70. The Morgan fingerprint density at radius 3 is 2.58 bits per heavy atom. The summed E-state index contributed by atoms with van der Waals surface area (Å²) in [6.45, 7) is 4.72. The third-order valence-corrected chi connectivity index (χ3v) is 5.73. The summed E-state index contributed by atoms with van der Waals surface area (Å²) >= 11 is 0. The number of aromatic nitrogens is 1. The molecule has 1 atom stereocenters. The quantitative estimate of drug-likeness (QED) is 0.491. The van der Waals surface area contributed by atoms with Crippen molar-refractivity contribution in [3.8, 4) is 5.75 Å². The van der Waals surface area contributed by atoms with Gasteiger partial charge in [-0.05, 0) is 20.0 Å². The van der Waals surface area contributed by atoms with Crippen molar-refractivity contribution in [2.45, 2.75) is 13.0 Å². The molecule has 1 aromatic heterocycles. The topological polar surface area (TPSA) is 107 Å². The number of anilines is 1. The third-order valence-electron chi connectivity index (χ3n) is 5.41. The number of hydrogen-bond acceptors (Lipinski definition) is 9. The van der Waals surface area contributed by atoms with Crippen LogP contribution in [0.4, 0.5) is 10.1 Å². The molecule has 0 radical (unpaired) electrons. The predicted octanol–water partition coefficient (Wildman–Crippen LogP) is 0.894. The molecule has 0 bridgehead atoms. The van der Waals surface area contributed by atoms with E-state index in [9.17, 15) is 18.0 Å². The van der Waals surface area contributed by atoms with Crippen molar-refractivity contribution in [1.82, 2.24) is 9.47 Å².